The molecule has 0 spiro atoms. The predicted molar refractivity (Wildman–Crippen MR) is 207 cm³/mol. The summed E-state index contributed by atoms with van der Waals surface area (Å²) in [5, 5.41) is 149. The Morgan fingerprint density at radius 2 is 1.14 bits per heavy atom. The molecule has 28 heteroatoms. The van der Waals surface area contributed by atoms with E-state index in [4.69, 9.17) is 33.2 Å². The molecule has 0 aromatic heterocycles. The number of aliphatic hydroxyl groups excluding tert-OH is 1. The van der Waals surface area contributed by atoms with Gasteiger partial charge in [-0.05, 0) is 30.3 Å². The molecule has 4 aliphatic rings. The van der Waals surface area contributed by atoms with Crippen LogP contribution in [0.4, 0.5) is 0 Å². The van der Waals surface area contributed by atoms with Gasteiger partial charge in [0.25, 0.3) is 0 Å². The van der Waals surface area contributed by atoms with E-state index in [1.165, 1.54) is 0 Å². The number of aromatic hydroxyl groups is 12. The number of rotatable bonds is 5. The van der Waals surface area contributed by atoms with Crippen LogP contribution in [0.1, 0.15) is 59.3 Å². The third kappa shape index (κ3) is 7.44. The lowest BCUT2D eigenvalue weighted by Gasteiger charge is -2.42. The highest BCUT2D eigenvalue weighted by Crippen LogP contribution is 2.55. The summed E-state index contributed by atoms with van der Waals surface area (Å²) in [5.41, 5.74) is -7.57. The van der Waals surface area contributed by atoms with Gasteiger partial charge in [-0.15, -0.1) is 0 Å². The number of Topliss-reactive ketones (excluding diaryl/α,β-unsaturated/α-hetero) is 1. The van der Waals surface area contributed by atoms with Gasteiger partial charge in [0.05, 0.1) is 28.7 Å². The lowest BCUT2D eigenvalue weighted by Crippen LogP contribution is -2.62. The second kappa shape index (κ2) is 16.3. The van der Waals surface area contributed by atoms with Gasteiger partial charge < -0.3 is 105 Å². The highest BCUT2D eigenvalue weighted by molar-refractivity contribution is 6.34. The molecule has 0 unspecified atom stereocenters. The zero-order chi connectivity index (χ0) is 50.5. The number of hydrogen-bond acceptors (Lipinski definition) is 28. The van der Waals surface area contributed by atoms with Crippen LogP contribution < -0.4 is 0 Å². The number of ether oxygens (including phenoxy) is 7. The molecule has 0 amide bonds. The largest absolute Gasteiger partial charge is 0.504 e. The van der Waals surface area contributed by atoms with Crippen molar-refractivity contribution in [3.05, 3.63) is 58.1 Å². The van der Waals surface area contributed by atoms with E-state index in [1.54, 1.807) is 0 Å². The summed E-state index contributed by atoms with van der Waals surface area (Å²) in [7, 11) is 0. The average Bonchev–Trinajstić information content (AvgIpc) is 3.47. The normalized spacial score (nSPS) is 25.2. The Labute approximate surface area is 379 Å². The highest BCUT2D eigenvalue weighted by Gasteiger charge is 2.64. The lowest BCUT2D eigenvalue weighted by molar-refractivity contribution is -0.283. The maximum atomic E-state index is 14.5. The SMILES string of the molecule is O=C1C[C@@]2(O)OC(=O)[C@@H](OC1=O)[C@H]2c1c(C(=O)O[C@H]2[C@@H](OC(=O)c3cc(O)c(O)c(O)c3)O[C@@H]3COC(=O)c4cc(O)c(O)c(O)c4-c4c(cc(O)c(O)c4O)C(=O)O[C@H]2[C@H]3O)cc(O)c(O)c1O. The quantitative estimate of drug-likeness (QED) is 0.0488. The number of benzene rings is 4. The minimum atomic E-state index is -3.15. The summed E-state index contributed by atoms with van der Waals surface area (Å²) in [6.07, 6.45) is -16.2. The molecule has 4 aromatic carbocycles. The van der Waals surface area contributed by atoms with Crippen LogP contribution in [-0.4, -0.2) is 162 Å². The van der Waals surface area contributed by atoms with Crippen LogP contribution in [0.2, 0.25) is 0 Å². The van der Waals surface area contributed by atoms with Crippen LogP contribution in [0.15, 0.2) is 30.3 Å². The number of ketones is 1. The van der Waals surface area contributed by atoms with E-state index < -0.39 is 211 Å². The number of hydrogen-bond donors (Lipinski definition) is 14. The van der Waals surface area contributed by atoms with Gasteiger partial charge in [-0.2, -0.15) is 0 Å². The fraction of sp³-hybridized carbons (Fsp3) is 0.244. The molecule has 8 rings (SSSR count). The first-order chi connectivity index (χ1) is 32.3. The van der Waals surface area contributed by atoms with Crippen molar-refractivity contribution in [2.24, 2.45) is 0 Å². The second-order valence-corrected chi connectivity index (χ2v) is 15.4. The number of phenols is 12. The maximum Gasteiger partial charge on any atom is 0.375 e. The first-order valence-corrected chi connectivity index (χ1v) is 19.3. The van der Waals surface area contributed by atoms with Crippen molar-refractivity contribution < 1.29 is 138 Å². The molecule has 69 heavy (non-hydrogen) atoms. The second-order valence-electron chi connectivity index (χ2n) is 15.4. The molecule has 3 fully saturated rings. The summed E-state index contributed by atoms with van der Waals surface area (Å²) in [6.45, 7) is -1.23. The van der Waals surface area contributed by atoms with E-state index in [-0.39, 0.29) is 0 Å². The van der Waals surface area contributed by atoms with Crippen LogP contribution in [0.3, 0.4) is 0 Å². The molecule has 4 bridgehead atoms. The maximum absolute atomic E-state index is 14.5. The Morgan fingerprint density at radius 1 is 0.609 bits per heavy atom. The Morgan fingerprint density at radius 3 is 1.74 bits per heavy atom. The molecule has 3 saturated heterocycles. The van der Waals surface area contributed by atoms with Gasteiger partial charge in [0.15, 0.2) is 57.8 Å². The third-order valence-corrected chi connectivity index (χ3v) is 11.2. The van der Waals surface area contributed by atoms with Gasteiger partial charge in [-0.25, -0.2) is 28.8 Å². The smallest absolute Gasteiger partial charge is 0.375 e. The summed E-state index contributed by atoms with van der Waals surface area (Å²) in [5.74, 6) is -33.4. The molecule has 4 aromatic rings. The Balaban J connectivity index is 1.30. The van der Waals surface area contributed by atoms with Crippen LogP contribution >= 0.6 is 0 Å². The lowest BCUT2D eigenvalue weighted by atomic mass is 9.82. The molecular formula is C41H30O28. The fourth-order valence-corrected chi connectivity index (χ4v) is 7.94. The van der Waals surface area contributed by atoms with Crippen LogP contribution in [0.25, 0.3) is 11.1 Å². The fourth-order valence-electron chi connectivity index (χ4n) is 7.94. The summed E-state index contributed by atoms with van der Waals surface area (Å²) >= 11 is 0. The number of phenolic OH excluding ortho intramolecular Hbond substituents is 12. The third-order valence-electron chi connectivity index (χ3n) is 11.2. The molecule has 0 aliphatic carbocycles. The molecule has 4 heterocycles. The zero-order valence-corrected chi connectivity index (χ0v) is 33.8. The molecule has 0 saturated carbocycles. The van der Waals surface area contributed by atoms with Crippen molar-refractivity contribution in [2.75, 3.05) is 6.61 Å². The molecule has 362 valence electrons. The molecule has 4 aliphatic heterocycles. The first-order valence-electron chi connectivity index (χ1n) is 19.3. The summed E-state index contributed by atoms with van der Waals surface area (Å²) in [4.78, 5) is 94.0. The van der Waals surface area contributed by atoms with E-state index in [1.807, 2.05) is 0 Å². The van der Waals surface area contributed by atoms with Crippen molar-refractivity contribution in [1.82, 2.24) is 0 Å². The van der Waals surface area contributed by atoms with Crippen LogP contribution in [0, 0.1) is 0 Å². The number of carbonyl (C=O) groups excluding carboxylic acids is 7. The van der Waals surface area contributed by atoms with Gasteiger partial charge in [0.2, 0.25) is 47.3 Å². The molecular weight excluding hydrogens is 940 g/mol. The number of carbonyl (C=O) groups is 7. The topological polar surface area (TPSA) is 467 Å². The van der Waals surface area contributed by atoms with E-state index >= 15 is 0 Å². The van der Waals surface area contributed by atoms with Crippen LogP contribution in [-0.2, 0) is 47.5 Å². The highest BCUT2D eigenvalue weighted by atomic mass is 16.7. The Kier molecular flexibility index (Phi) is 11.0. The minimum absolute atomic E-state index is 0.318. The van der Waals surface area contributed by atoms with E-state index in [9.17, 15) is 105 Å². The predicted octanol–water partition coefficient (Wildman–Crippen LogP) is -1.10. The molecule has 14 N–H and O–H groups in total. The van der Waals surface area contributed by atoms with Crippen molar-refractivity contribution >= 4 is 41.6 Å². The molecule has 8 atom stereocenters. The van der Waals surface area contributed by atoms with Gasteiger partial charge in [0, 0.05) is 16.7 Å². The van der Waals surface area contributed by atoms with Crippen molar-refractivity contribution in [3.8, 4) is 80.1 Å². The first kappa shape index (κ1) is 46.4. The number of aliphatic hydroxyl groups is 2. The van der Waals surface area contributed by atoms with E-state index in [2.05, 4.69) is 0 Å². The van der Waals surface area contributed by atoms with Crippen LogP contribution in [0.5, 0.6) is 69.0 Å². The van der Waals surface area contributed by atoms with Gasteiger partial charge in [-0.3, -0.25) is 4.79 Å². The minimum Gasteiger partial charge on any atom is -0.504 e. The standard InChI is InChI=1S/C41H30O28/c42-12-1-8(2-13(43)23(12)48)34(56)68-40-33(67-37(59)11-5-16(46)26(51)30(55)21(11)22-31-39(61)69-41(22,62)6-17(47)38(60)65-31)32-27(52)18(64-40)7-63-35(57)9-3-14(44)24(49)28(53)19(9)20-10(36(58)66-32)4-15(45)25(50)29(20)54/h1-5,18,22,27,31-33,40,42-46,48-55,62H,6-7H2/t18-,22-,27+,31+,32+,33-,40-,41-/m1/s1. The molecule has 0 radical (unpaired) electrons. The van der Waals surface area contributed by atoms with E-state index in [0.29, 0.717) is 30.3 Å². The monoisotopic (exact) mass is 970 g/mol. The van der Waals surface area contributed by atoms with Gasteiger partial charge in [-0.1, -0.05) is 0 Å². The number of cyclic esters (lactones) is 1. The average molecular weight is 971 g/mol. The van der Waals surface area contributed by atoms with Gasteiger partial charge >= 0.3 is 35.8 Å². The summed E-state index contributed by atoms with van der Waals surface area (Å²) < 4.78 is 37.1. The van der Waals surface area contributed by atoms with Crippen molar-refractivity contribution in [2.45, 2.75) is 54.9 Å². The Bertz CT molecular complexity index is 2950. The van der Waals surface area contributed by atoms with Gasteiger partial charge in [0.1, 0.15) is 24.7 Å². The van der Waals surface area contributed by atoms with Crippen molar-refractivity contribution in [1.29, 1.82) is 0 Å². The number of esters is 6. The zero-order valence-electron chi connectivity index (χ0n) is 33.8. The Hall–Kier alpha value is -9.15. The van der Waals surface area contributed by atoms with Crippen molar-refractivity contribution in [3.63, 3.8) is 0 Å². The molecule has 28 nitrogen and oxygen atoms in total. The summed E-state index contributed by atoms with van der Waals surface area (Å²) in [6, 6.07) is 2.19. The van der Waals surface area contributed by atoms with E-state index in [0.717, 1.165) is 0 Å². The number of fused-ring (bicyclic) bond motifs is 7.